The average molecular weight is 288 g/mol. The fourth-order valence-electron chi connectivity index (χ4n) is 2.08. The van der Waals surface area contributed by atoms with E-state index in [0.717, 1.165) is 36.5 Å². The molecule has 0 bridgehead atoms. The number of thiazole rings is 1. The van der Waals surface area contributed by atoms with Crippen LogP contribution in [0.5, 0.6) is 0 Å². The second kappa shape index (κ2) is 6.33. The number of rotatable bonds is 7. The lowest BCUT2D eigenvalue weighted by atomic mass is 10.2. The summed E-state index contributed by atoms with van der Waals surface area (Å²) >= 11 is 1.73. The molecule has 1 N–H and O–H groups in total. The number of nitrogens with one attached hydrogen (secondary N) is 1. The maximum atomic E-state index is 4.74. The monoisotopic (exact) mass is 288 g/mol. The molecule has 106 valence electrons. The van der Waals surface area contributed by atoms with E-state index in [1.165, 1.54) is 18.4 Å². The van der Waals surface area contributed by atoms with Gasteiger partial charge in [0, 0.05) is 43.4 Å². The molecule has 0 spiro atoms. The summed E-state index contributed by atoms with van der Waals surface area (Å²) in [6.45, 7) is 4.92. The van der Waals surface area contributed by atoms with Crippen LogP contribution in [0.25, 0.3) is 0 Å². The molecule has 5 heteroatoms. The van der Waals surface area contributed by atoms with Crippen LogP contribution in [0.2, 0.25) is 0 Å². The molecule has 0 atom stereocenters. The maximum absolute atomic E-state index is 4.74. The lowest BCUT2D eigenvalue weighted by Gasteiger charge is -2.19. The van der Waals surface area contributed by atoms with Crippen LogP contribution in [-0.4, -0.2) is 22.6 Å². The fourth-order valence-corrected chi connectivity index (χ4v) is 2.97. The van der Waals surface area contributed by atoms with Crippen LogP contribution in [0, 0.1) is 0 Å². The standard InChI is InChI=1S/C15H20N4S/c1-2-19(10-12-5-7-16-8-6-12)15-18-14(11-20-15)9-17-13-3-4-13/h5-8,11,13,17H,2-4,9-10H2,1H3. The van der Waals surface area contributed by atoms with E-state index >= 15 is 0 Å². The molecule has 2 heterocycles. The number of hydrogen-bond acceptors (Lipinski definition) is 5. The Balaban J connectivity index is 1.62. The van der Waals surface area contributed by atoms with E-state index in [1.54, 1.807) is 11.3 Å². The number of aromatic nitrogens is 2. The van der Waals surface area contributed by atoms with Crippen LogP contribution in [0.3, 0.4) is 0 Å². The van der Waals surface area contributed by atoms with Crippen molar-refractivity contribution in [2.24, 2.45) is 0 Å². The lowest BCUT2D eigenvalue weighted by Crippen LogP contribution is -2.22. The van der Waals surface area contributed by atoms with Crippen LogP contribution >= 0.6 is 11.3 Å². The van der Waals surface area contributed by atoms with Gasteiger partial charge in [0.25, 0.3) is 0 Å². The van der Waals surface area contributed by atoms with E-state index in [4.69, 9.17) is 4.98 Å². The van der Waals surface area contributed by atoms with Gasteiger partial charge in [-0.1, -0.05) is 0 Å². The maximum Gasteiger partial charge on any atom is 0.185 e. The summed E-state index contributed by atoms with van der Waals surface area (Å²) in [4.78, 5) is 11.1. The molecule has 2 aromatic rings. The number of hydrogen-bond donors (Lipinski definition) is 1. The zero-order chi connectivity index (χ0) is 13.8. The minimum absolute atomic E-state index is 0.735. The smallest absolute Gasteiger partial charge is 0.185 e. The predicted molar refractivity (Wildman–Crippen MR) is 82.9 cm³/mol. The minimum Gasteiger partial charge on any atom is -0.344 e. The quantitative estimate of drug-likeness (QED) is 0.850. The largest absolute Gasteiger partial charge is 0.344 e. The van der Waals surface area contributed by atoms with Crippen molar-refractivity contribution in [3.05, 3.63) is 41.2 Å². The Hall–Kier alpha value is -1.46. The van der Waals surface area contributed by atoms with Crippen molar-refractivity contribution in [3.63, 3.8) is 0 Å². The Morgan fingerprint density at radius 2 is 2.15 bits per heavy atom. The second-order valence-corrected chi connectivity index (χ2v) is 5.98. The Kier molecular flexibility index (Phi) is 4.28. The topological polar surface area (TPSA) is 41.1 Å². The molecule has 0 saturated heterocycles. The van der Waals surface area contributed by atoms with Gasteiger partial charge < -0.3 is 10.2 Å². The first-order valence-electron chi connectivity index (χ1n) is 7.17. The van der Waals surface area contributed by atoms with Gasteiger partial charge in [-0.05, 0) is 37.5 Å². The van der Waals surface area contributed by atoms with Crippen LogP contribution in [0.15, 0.2) is 29.9 Å². The summed E-state index contributed by atoms with van der Waals surface area (Å²) in [6.07, 6.45) is 6.33. The first-order chi connectivity index (χ1) is 9.85. The van der Waals surface area contributed by atoms with Crippen LogP contribution < -0.4 is 10.2 Å². The Morgan fingerprint density at radius 1 is 1.35 bits per heavy atom. The lowest BCUT2D eigenvalue weighted by molar-refractivity contribution is 0.676. The average Bonchev–Trinajstić information content (AvgIpc) is 3.21. The van der Waals surface area contributed by atoms with E-state index < -0.39 is 0 Å². The summed E-state index contributed by atoms with van der Waals surface area (Å²) in [5.74, 6) is 0. The summed E-state index contributed by atoms with van der Waals surface area (Å²) in [5.41, 5.74) is 2.43. The van der Waals surface area contributed by atoms with E-state index in [2.05, 4.69) is 39.6 Å². The Morgan fingerprint density at radius 3 is 2.85 bits per heavy atom. The van der Waals surface area contributed by atoms with Crippen molar-refractivity contribution < 1.29 is 0 Å². The molecule has 20 heavy (non-hydrogen) atoms. The molecular weight excluding hydrogens is 268 g/mol. The Labute approximate surface area is 123 Å². The second-order valence-electron chi connectivity index (χ2n) is 5.15. The van der Waals surface area contributed by atoms with Gasteiger partial charge in [-0.25, -0.2) is 4.98 Å². The van der Waals surface area contributed by atoms with Crippen LogP contribution in [-0.2, 0) is 13.1 Å². The van der Waals surface area contributed by atoms with Gasteiger partial charge in [0.05, 0.1) is 5.69 Å². The summed E-state index contributed by atoms with van der Waals surface area (Å²) in [6, 6.07) is 4.86. The normalized spacial score (nSPS) is 14.4. The molecule has 0 amide bonds. The van der Waals surface area contributed by atoms with E-state index in [0.29, 0.717) is 0 Å². The zero-order valence-electron chi connectivity index (χ0n) is 11.7. The van der Waals surface area contributed by atoms with Crippen molar-refractivity contribution in [1.29, 1.82) is 0 Å². The third kappa shape index (κ3) is 3.55. The SMILES string of the molecule is CCN(Cc1ccncc1)c1nc(CNC2CC2)cs1. The molecule has 1 saturated carbocycles. The van der Waals surface area contributed by atoms with Gasteiger partial charge in [0.15, 0.2) is 5.13 Å². The summed E-state index contributed by atoms with van der Waals surface area (Å²) in [7, 11) is 0. The van der Waals surface area contributed by atoms with E-state index in [9.17, 15) is 0 Å². The fraction of sp³-hybridized carbons (Fsp3) is 0.467. The minimum atomic E-state index is 0.735. The molecule has 1 aliphatic carbocycles. The molecular formula is C15H20N4S. The van der Waals surface area contributed by atoms with Gasteiger partial charge in [0.1, 0.15) is 0 Å². The number of nitrogens with zero attached hydrogens (tertiary/aromatic N) is 3. The summed E-state index contributed by atoms with van der Waals surface area (Å²) in [5, 5.41) is 6.79. The highest BCUT2D eigenvalue weighted by atomic mass is 32.1. The highest BCUT2D eigenvalue weighted by Gasteiger charge is 2.20. The van der Waals surface area contributed by atoms with Crippen molar-refractivity contribution in [2.75, 3.05) is 11.4 Å². The van der Waals surface area contributed by atoms with Crippen molar-refractivity contribution in [1.82, 2.24) is 15.3 Å². The van der Waals surface area contributed by atoms with Crippen molar-refractivity contribution in [3.8, 4) is 0 Å². The molecule has 0 aromatic carbocycles. The molecule has 0 radical (unpaired) electrons. The molecule has 2 aromatic heterocycles. The van der Waals surface area contributed by atoms with Gasteiger partial charge in [-0.3, -0.25) is 4.98 Å². The third-order valence-electron chi connectivity index (χ3n) is 3.46. The van der Waals surface area contributed by atoms with Gasteiger partial charge in [-0.15, -0.1) is 11.3 Å². The number of pyridine rings is 1. The highest BCUT2D eigenvalue weighted by Crippen LogP contribution is 2.23. The first kappa shape index (κ1) is 13.5. The molecule has 4 nitrogen and oxygen atoms in total. The van der Waals surface area contributed by atoms with Gasteiger partial charge in [0.2, 0.25) is 0 Å². The highest BCUT2D eigenvalue weighted by molar-refractivity contribution is 7.13. The first-order valence-corrected chi connectivity index (χ1v) is 8.04. The van der Waals surface area contributed by atoms with Crippen LogP contribution in [0.1, 0.15) is 31.0 Å². The van der Waals surface area contributed by atoms with Crippen LogP contribution in [0.4, 0.5) is 5.13 Å². The molecule has 1 aliphatic rings. The predicted octanol–water partition coefficient (Wildman–Crippen LogP) is 2.82. The van der Waals surface area contributed by atoms with E-state index in [1.807, 2.05) is 12.4 Å². The van der Waals surface area contributed by atoms with E-state index in [-0.39, 0.29) is 0 Å². The summed E-state index contributed by atoms with van der Waals surface area (Å²) < 4.78 is 0. The third-order valence-corrected chi connectivity index (χ3v) is 4.41. The van der Waals surface area contributed by atoms with Gasteiger partial charge >= 0.3 is 0 Å². The molecule has 0 aliphatic heterocycles. The molecule has 0 unspecified atom stereocenters. The van der Waals surface area contributed by atoms with Crippen molar-refractivity contribution >= 4 is 16.5 Å². The number of anilines is 1. The zero-order valence-corrected chi connectivity index (χ0v) is 12.6. The Bertz CT molecular complexity index is 536. The van der Waals surface area contributed by atoms with Gasteiger partial charge in [-0.2, -0.15) is 0 Å². The van der Waals surface area contributed by atoms with Crippen molar-refractivity contribution in [2.45, 2.75) is 38.9 Å². The molecule has 3 rings (SSSR count). The molecule has 1 fully saturated rings.